The van der Waals surface area contributed by atoms with E-state index in [0.717, 1.165) is 57.8 Å². The first-order valence-corrected chi connectivity index (χ1v) is 17.3. The molecule has 0 radical (unpaired) electrons. The van der Waals surface area contributed by atoms with Crippen LogP contribution < -0.4 is 0 Å². The van der Waals surface area contributed by atoms with Crippen molar-refractivity contribution in [3.05, 3.63) is 0 Å². The number of alkyl halides is 2. The summed E-state index contributed by atoms with van der Waals surface area (Å²) in [6.45, 7) is 18.4. The van der Waals surface area contributed by atoms with Crippen molar-refractivity contribution in [1.29, 1.82) is 0 Å². The Balaban J connectivity index is 1.38. The van der Waals surface area contributed by atoms with E-state index >= 15 is 0 Å². The molecule has 4 aliphatic rings. The fourth-order valence-corrected chi connectivity index (χ4v) is 10.4. The lowest BCUT2D eigenvalue weighted by Gasteiger charge is -2.48. The van der Waals surface area contributed by atoms with Gasteiger partial charge in [-0.25, -0.2) is 0 Å². The highest BCUT2D eigenvalue weighted by molar-refractivity contribution is 14.1. The number of hydrogen-bond donors (Lipinski definition) is 0. The van der Waals surface area contributed by atoms with E-state index in [4.69, 9.17) is 9.47 Å². The molecule has 0 aliphatic heterocycles. The number of carbonyl (C=O) groups is 2. The molecular formula is C31H50I2O4. The Kier molecular flexibility index (Phi) is 8.24. The van der Waals surface area contributed by atoms with E-state index in [-0.39, 0.29) is 47.0 Å². The van der Waals surface area contributed by atoms with Crippen molar-refractivity contribution in [1.82, 2.24) is 0 Å². The molecule has 0 aromatic heterocycles. The minimum Gasteiger partial charge on any atom is -0.458 e. The van der Waals surface area contributed by atoms with Gasteiger partial charge in [0, 0.05) is 10.8 Å². The highest BCUT2D eigenvalue weighted by atomic mass is 127. The largest absolute Gasteiger partial charge is 0.458 e. The summed E-state index contributed by atoms with van der Waals surface area (Å²) in [7, 11) is 0. The van der Waals surface area contributed by atoms with Gasteiger partial charge in [0.25, 0.3) is 0 Å². The van der Waals surface area contributed by atoms with E-state index in [2.05, 4.69) is 93.6 Å². The van der Waals surface area contributed by atoms with Crippen LogP contribution in [0.5, 0.6) is 0 Å². The Labute approximate surface area is 253 Å². The van der Waals surface area contributed by atoms with Gasteiger partial charge in [-0.3, -0.25) is 9.59 Å². The molecule has 4 saturated carbocycles. The smallest absolute Gasteiger partial charge is 0.319 e. The van der Waals surface area contributed by atoms with Crippen LogP contribution >= 0.6 is 45.2 Å². The first-order valence-electron chi connectivity index (χ1n) is 14.8. The third kappa shape index (κ3) is 4.27. The minimum absolute atomic E-state index is 0.01000. The van der Waals surface area contributed by atoms with E-state index < -0.39 is 5.60 Å². The minimum atomic E-state index is -0.402. The predicted octanol–water partition coefficient (Wildman–Crippen LogP) is 8.84. The maximum atomic E-state index is 13.4. The van der Waals surface area contributed by atoms with Gasteiger partial charge in [-0.2, -0.15) is 0 Å². The van der Waals surface area contributed by atoms with E-state index in [0.29, 0.717) is 11.8 Å². The summed E-state index contributed by atoms with van der Waals surface area (Å²) in [5.41, 5.74) is -0.331. The summed E-state index contributed by atoms with van der Waals surface area (Å²) >= 11 is 4.55. The molecule has 9 atom stereocenters. The number of ether oxygens (including phenoxy) is 2. The zero-order valence-corrected chi connectivity index (χ0v) is 28.8. The van der Waals surface area contributed by atoms with Crippen molar-refractivity contribution in [3.8, 4) is 0 Å². The molecule has 212 valence electrons. The summed E-state index contributed by atoms with van der Waals surface area (Å²) in [5.74, 6) is 1.16. The molecule has 0 saturated heterocycles. The van der Waals surface area contributed by atoms with Gasteiger partial charge in [-0.05, 0) is 93.8 Å². The van der Waals surface area contributed by atoms with Crippen LogP contribution in [-0.2, 0) is 19.1 Å². The Morgan fingerprint density at radius 1 is 0.838 bits per heavy atom. The predicted molar refractivity (Wildman–Crippen MR) is 166 cm³/mol. The van der Waals surface area contributed by atoms with Gasteiger partial charge in [0.15, 0.2) is 0 Å². The Bertz CT molecular complexity index is 921. The van der Waals surface area contributed by atoms with Crippen LogP contribution in [0.4, 0.5) is 0 Å². The molecule has 6 heteroatoms. The van der Waals surface area contributed by atoms with Crippen molar-refractivity contribution in [2.75, 3.05) is 0 Å². The number of esters is 2. The highest BCUT2D eigenvalue weighted by Gasteiger charge is 2.71. The second-order valence-corrected chi connectivity index (χ2v) is 17.3. The van der Waals surface area contributed by atoms with Crippen molar-refractivity contribution in [3.63, 3.8) is 0 Å². The number of fused-ring (bicyclic) bond motifs is 4. The fraction of sp³-hybridized carbons (Fsp3) is 0.935. The van der Waals surface area contributed by atoms with Gasteiger partial charge in [-0.1, -0.05) is 100 Å². The first-order chi connectivity index (χ1) is 17.1. The number of halogens is 2. The summed E-state index contributed by atoms with van der Waals surface area (Å²) in [5, 5.41) is 0. The molecule has 0 N–H and O–H groups in total. The Morgan fingerprint density at radius 3 is 1.97 bits per heavy atom. The zero-order chi connectivity index (χ0) is 27.7. The SMILES string of the molecule is CCC(I)C(=O)OC1(C)CC2CCC1(C)C2(C)CCCC(I)C(=O)OC1(CC)CC2CCC1(C)C2(C)C. The van der Waals surface area contributed by atoms with Crippen LogP contribution in [0, 0.1) is 33.5 Å². The molecule has 0 aromatic carbocycles. The molecule has 37 heavy (non-hydrogen) atoms. The van der Waals surface area contributed by atoms with Crippen LogP contribution in [0.2, 0.25) is 0 Å². The van der Waals surface area contributed by atoms with Gasteiger partial charge < -0.3 is 9.47 Å². The molecule has 4 fully saturated rings. The lowest BCUT2D eigenvalue weighted by atomic mass is 9.62. The van der Waals surface area contributed by atoms with Gasteiger partial charge in [0.1, 0.15) is 19.1 Å². The van der Waals surface area contributed by atoms with E-state index in [1.807, 2.05) is 6.92 Å². The van der Waals surface area contributed by atoms with Crippen molar-refractivity contribution in [2.45, 2.75) is 145 Å². The molecule has 9 unspecified atom stereocenters. The second kappa shape index (κ2) is 10.0. The zero-order valence-electron chi connectivity index (χ0n) is 24.5. The summed E-state index contributed by atoms with van der Waals surface area (Å²) in [4.78, 5) is 26.2. The monoisotopic (exact) mass is 740 g/mol. The summed E-state index contributed by atoms with van der Waals surface area (Å²) in [6.07, 6.45) is 11.4. The second-order valence-electron chi connectivity index (χ2n) is 14.3. The third-order valence-corrected chi connectivity index (χ3v) is 15.7. The molecule has 0 aromatic rings. The molecular weight excluding hydrogens is 690 g/mol. The lowest BCUT2D eigenvalue weighted by Crippen LogP contribution is -2.50. The maximum Gasteiger partial charge on any atom is 0.319 e. The van der Waals surface area contributed by atoms with Crippen LogP contribution in [0.15, 0.2) is 0 Å². The highest BCUT2D eigenvalue weighted by Crippen LogP contribution is 2.73. The fourth-order valence-electron chi connectivity index (χ4n) is 9.67. The molecule has 0 heterocycles. The first kappa shape index (κ1) is 30.4. The van der Waals surface area contributed by atoms with Crippen LogP contribution in [0.3, 0.4) is 0 Å². The molecule has 4 rings (SSSR count). The van der Waals surface area contributed by atoms with Gasteiger partial charge >= 0.3 is 11.9 Å². The Morgan fingerprint density at radius 2 is 1.43 bits per heavy atom. The molecule has 0 spiro atoms. The van der Waals surface area contributed by atoms with Gasteiger partial charge in [-0.15, -0.1) is 0 Å². The van der Waals surface area contributed by atoms with Crippen LogP contribution in [0.25, 0.3) is 0 Å². The quantitative estimate of drug-likeness (QED) is 0.128. The van der Waals surface area contributed by atoms with Crippen LogP contribution in [0.1, 0.15) is 126 Å². The third-order valence-electron chi connectivity index (χ3n) is 13.2. The average molecular weight is 741 g/mol. The lowest BCUT2D eigenvalue weighted by molar-refractivity contribution is -0.179. The number of hydrogen-bond acceptors (Lipinski definition) is 4. The van der Waals surface area contributed by atoms with Crippen molar-refractivity contribution < 1.29 is 19.1 Å². The van der Waals surface area contributed by atoms with Crippen molar-refractivity contribution in [2.24, 2.45) is 33.5 Å². The summed E-state index contributed by atoms with van der Waals surface area (Å²) in [6, 6.07) is 0. The normalized spacial score (nSPS) is 45.1. The average Bonchev–Trinajstić information content (AvgIpc) is 3.34. The van der Waals surface area contributed by atoms with Gasteiger partial charge in [0.2, 0.25) is 0 Å². The maximum absolute atomic E-state index is 13.4. The molecule has 4 aliphatic carbocycles. The van der Waals surface area contributed by atoms with Crippen LogP contribution in [-0.4, -0.2) is 31.0 Å². The topological polar surface area (TPSA) is 52.6 Å². The molecule has 4 nitrogen and oxygen atoms in total. The number of rotatable bonds is 10. The molecule has 0 amide bonds. The standard InChI is InChI=1S/C31H50I2O4/c1-9-22(32)24(34)36-30(8)18-21-14-17-29(30,7)27(21,5)15-11-12-23(33)25(35)37-31(10-2)19-20-13-16-28(31,6)26(20,3)4/h20-23H,9-19H2,1-8H3. The van der Waals surface area contributed by atoms with Gasteiger partial charge in [0.05, 0.1) is 0 Å². The summed E-state index contributed by atoms with van der Waals surface area (Å²) < 4.78 is 12.6. The van der Waals surface area contributed by atoms with E-state index in [1.54, 1.807) is 0 Å². The molecule has 4 bridgehead atoms. The van der Waals surface area contributed by atoms with E-state index in [1.165, 1.54) is 12.8 Å². The Hall–Kier alpha value is 0.400. The number of carbonyl (C=O) groups excluding carboxylic acids is 2. The van der Waals surface area contributed by atoms with E-state index in [9.17, 15) is 9.59 Å². The van der Waals surface area contributed by atoms with Crippen molar-refractivity contribution >= 4 is 57.1 Å².